The molecule has 1 fully saturated rings. The molecule has 2 rings (SSSR count). The van der Waals surface area contributed by atoms with Crippen molar-refractivity contribution < 1.29 is 4.74 Å². The number of aryl methyl sites for hydroxylation is 1. The molecule has 1 saturated heterocycles. The number of aromatic nitrogens is 2. The SMILES string of the molecule is Cn1ccc(COCC2CCCNC2)n1. The number of nitrogens with zero attached hydrogens (tertiary/aromatic N) is 2. The maximum Gasteiger partial charge on any atom is 0.0906 e. The van der Waals surface area contributed by atoms with Gasteiger partial charge in [-0.25, -0.2) is 0 Å². The van der Waals surface area contributed by atoms with Gasteiger partial charge in [0.2, 0.25) is 0 Å². The van der Waals surface area contributed by atoms with Gasteiger partial charge in [-0.2, -0.15) is 5.10 Å². The maximum atomic E-state index is 5.66. The fraction of sp³-hybridized carbons (Fsp3) is 0.727. The quantitative estimate of drug-likeness (QED) is 0.802. The second kappa shape index (κ2) is 5.28. The van der Waals surface area contributed by atoms with Gasteiger partial charge in [-0.15, -0.1) is 0 Å². The van der Waals surface area contributed by atoms with Crippen LogP contribution in [0, 0.1) is 5.92 Å². The van der Waals surface area contributed by atoms with Crippen molar-refractivity contribution in [2.75, 3.05) is 19.7 Å². The molecule has 0 aromatic carbocycles. The molecule has 84 valence electrons. The van der Waals surface area contributed by atoms with Crippen LogP contribution in [0.4, 0.5) is 0 Å². The molecular weight excluding hydrogens is 190 g/mol. The number of hydrogen-bond donors (Lipinski definition) is 1. The first-order chi connectivity index (χ1) is 7.34. The summed E-state index contributed by atoms with van der Waals surface area (Å²) >= 11 is 0. The molecule has 4 heteroatoms. The van der Waals surface area contributed by atoms with E-state index in [1.807, 2.05) is 19.3 Å². The van der Waals surface area contributed by atoms with Crippen molar-refractivity contribution in [2.45, 2.75) is 19.4 Å². The molecular formula is C11H19N3O. The van der Waals surface area contributed by atoms with Crippen molar-refractivity contribution >= 4 is 0 Å². The van der Waals surface area contributed by atoms with Crippen LogP contribution >= 0.6 is 0 Å². The zero-order valence-corrected chi connectivity index (χ0v) is 9.28. The third-order valence-electron chi connectivity index (χ3n) is 2.77. The molecule has 0 radical (unpaired) electrons. The summed E-state index contributed by atoms with van der Waals surface area (Å²) < 4.78 is 7.46. The molecule has 1 aliphatic rings. The summed E-state index contributed by atoms with van der Waals surface area (Å²) in [7, 11) is 1.93. The molecule has 0 spiro atoms. The Labute approximate surface area is 90.6 Å². The van der Waals surface area contributed by atoms with Gasteiger partial charge in [-0.3, -0.25) is 4.68 Å². The molecule has 1 aromatic rings. The van der Waals surface area contributed by atoms with Gasteiger partial charge in [0.15, 0.2) is 0 Å². The number of piperidine rings is 1. The topological polar surface area (TPSA) is 39.1 Å². The Balaban J connectivity index is 1.65. The van der Waals surface area contributed by atoms with E-state index in [0.717, 1.165) is 25.4 Å². The first-order valence-electron chi connectivity index (χ1n) is 5.61. The molecule has 0 bridgehead atoms. The van der Waals surface area contributed by atoms with Gasteiger partial charge < -0.3 is 10.1 Å². The van der Waals surface area contributed by atoms with E-state index in [2.05, 4.69) is 10.4 Å². The smallest absolute Gasteiger partial charge is 0.0906 e. The predicted molar refractivity (Wildman–Crippen MR) is 58.5 cm³/mol. The van der Waals surface area contributed by atoms with Crippen LogP contribution in [0.2, 0.25) is 0 Å². The van der Waals surface area contributed by atoms with Crippen LogP contribution in [0.25, 0.3) is 0 Å². The van der Waals surface area contributed by atoms with Crippen LogP contribution in [0.5, 0.6) is 0 Å². The minimum atomic E-state index is 0.636. The lowest BCUT2D eigenvalue weighted by atomic mass is 10.0. The molecule has 0 saturated carbocycles. The molecule has 2 heterocycles. The van der Waals surface area contributed by atoms with Gasteiger partial charge >= 0.3 is 0 Å². The molecule has 0 aliphatic carbocycles. The monoisotopic (exact) mass is 209 g/mol. The van der Waals surface area contributed by atoms with E-state index in [1.165, 1.54) is 12.8 Å². The Hall–Kier alpha value is -0.870. The van der Waals surface area contributed by atoms with Crippen LogP contribution < -0.4 is 5.32 Å². The predicted octanol–water partition coefficient (Wildman–Crippen LogP) is 0.936. The highest BCUT2D eigenvalue weighted by molar-refractivity contribution is 4.96. The Kier molecular flexibility index (Phi) is 3.75. The van der Waals surface area contributed by atoms with Crippen molar-refractivity contribution in [2.24, 2.45) is 13.0 Å². The summed E-state index contributed by atoms with van der Waals surface area (Å²) in [5.41, 5.74) is 1.02. The van der Waals surface area contributed by atoms with E-state index in [9.17, 15) is 0 Å². The Bertz CT molecular complexity index is 292. The fourth-order valence-corrected chi connectivity index (χ4v) is 1.94. The molecule has 1 aliphatic heterocycles. The summed E-state index contributed by atoms with van der Waals surface area (Å²) in [5, 5.41) is 7.66. The molecule has 1 unspecified atom stereocenters. The normalized spacial score (nSPS) is 21.8. The van der Waals surface area contributed by atoms with Crippen molar-refractivity contribution in [1.29, 1.82) is 0 Å². The number of rotatable bonds is 4. The van der Waals surface area contributed by atoms with Crippen LogP contribution in [-0.2, 0) is 18.4 Å². The number of hydrogen-bond acceptors (Lipinski definition) is 3. The summed E-state index contributed by atoms with van der Waals surface area (Å²) in [4.78, 5) is 0. The van der Waals surface area contributed by atoms with E-state index < -0.39 is 0 Å². The van der Waals surface area contributed by atoms with Gasteiger partial charge in [0.1, 0.15) is 0 Å². The standard InChI is InChI=1S/C11H19N3O/c1-14-6-4-11(13-14)9-15-8-10-3-2-5-12-7-10/h4,6,10,12H,2-3,5,7-9H2,1H3. The molecule has 1 aromatic heterocycles. The van der Waals surface area contributed by atoms with Gasteiger partial charge in [0.05, 0.1) is 18.9 Å². The molecule has 1 atom stereocenters. The minimum absolute atomic E-state index is 0.636. The zero-order valence-electron chi connectivity index (χ0n) is 9.28. The van der Waals surface area contributed by atoms with Crippen LogP contribution in [0.15, 0.2) is 12.3 Å². The fourth-order valence-electron chi connectivity index (χ4n) is 1.94. The molecule has 4 nitrogen and oxygen atoms in total. The summed E-state index contributed by atoms with van der Waals surface area (Å²) in [5.74, 6) is 0.683. The second-order valence-electron chi connectivity index (χ2n) is 4.21. The third-order valence-corrected chi connectivity index (χ3v) is 2.77. The Morgan fingerprint density at radius 1 is 1.67 bits per heavy atom. The lowest BCUT2D eigenvalue weighted by molar-refractivity contribution is 0.0761. The Morgan fingerprint density at radius 2 is 2.60 bits per heavy atom. The molecule has 1 N–H and O–H groups in total. The number of ether oxygens (including phenoxy) is 1. The molecule has 0 amide bonds. The molecule has 15 heavy (non-hydrogen) atoms. The highest BCUT2D eigenvalue weighted by atomic mass is 16.5. The van der Waals surface area contributed by atoms with Crippen molar-refractivity contribution in [3.8, 4) is 0 Å². The highest BCUT2D eigenvalue weighted by Gasteiger charge is 2.12. The van der Waals surface area contributed by atoms with Crippen molar-refractivity contribution in [1.82, 2.24) is 15.1 Å². The van der Waals surface area contributed by atoms with Crippen LogP contribution in [0.1, 0.15) is 18.5 Å². The number of nitrogens with one attached hydrogen (secondary N) is 1. The van der Waals surface area contributed by atoms with E-state index in [0.29, 0.717) is 12.5 Å². The van der Waals surface area contributed by atoms with Gasteiger partial charge in [-0.1, -0.05) is 0 Å². The van der Waals surface area contributed by atoms with Crippen molar-refractivity contribution in [3.63, 3.8) is 0 Å². The van der Waals surface area contributed by atoms with Crippen LogP contribution in [-0.4, -0.2) is 29.5 Å². The summed E-state index contributed by atoms with van der Waals surface area (Å²) in [6, 6.07) is 2.00. The Morgan fingerprint density at radius 3 is 3.27 bits per heavy atom. The first kappa shape index (κ1) is 10.6. The largest absolute Gasteiger partial charge is 0.375 e. The maximum absolute atomic E-state index is 5.66. The lowest BCUT2D eigenvalue weighted by Crippen LogP contribution is -2.32. The summed E-state index contributed by atoms with van der Waals surface area (Å²) in [6.45, 7) is 3.75. The van der Waals surface area contributed by atoms with E-state index in [1.54, 1.807) is 4.68 Å². The first-order valence-corrected chi connectivity index (χ1v) is 5.61. The third kappa shape index (κ3) is 3.32. The van der Waals surface area contributed by atoms with Gasteiger partial charge in [-0.05, 0) is 31.4 Å². The zero-order chi connectivity index (χ0) is 10.5. The van der Waals surface area contributed by atoms with Gasteiger partial charge in [0, 0.05) is 19.8 Å². The van der Waals surface area contributed by atoms with Crippen molar-refractivity contribution in [3.05, 3.63) is 18.0 Å². The lowest BCUT2D eigenvalue weighted by Gasteiger charge is -2.22. The van der Waals surface area contributed by atoms with E-state index in [4.69, 9.17) is 4.74 Å². The van der Waals surface area contributed by atoms with E-state index in [-0.39, 0.29) is 0 Å². The second-order valence-corrected chi connectivity index (χ2v) is 4.21. The van der Waals surface area contributed by atoms with Crippen LogP contribution in [0.3, 0.4) is 0 Å². The van der Waals surface area contributed by atoms with Gasteiger partial charge in [0.25, 0.3) is 0 Å². The average molecular weight is 209 g/mol. The minimum Gasteiger partial charge on any atom is -0.375 e. The summed E-state index contributed by atoms with van der Waals surface area (Å²) in [6.07, 6.45) is 4.51. The van der Waals surface area contributed by atoms with E-state index >= 15 is 0 Å². The highest BCUT2D eigenvalue weighted by Crippen LogP contribution is 2.10. The average Bonchev–Trinajstić information content (AvgIpc) is 2.66.